The van der Waals surface area contributed by atoms with Gasteiger partial charge in [-0.25, -0.2) is 9.59 Å². The van der Waals surface area contributed by atoms with Gasteiger partial charge in [0.05, 0.1) is 17.3 Å². The molecule has 0 aromatic heterocycles. The second-order valence-corrected chi connectivity index (χ2v) is 6.12. The first-order valence-corrected chi connectivity index (χ1v) is 8.76. The third-order valence-electron chi connectivity index (χ3n) is 3.52. The van der Waals surface area contributed by atoms with Crippen LogP contribution in [-0.2, 0) is 9.59 Å². The molecule has 0 aliphatic heterocycles. The molecule has 0 radical (unpaired) electrons. The van der Waals surface area contributed by atoms with Gasteiger partial charge in [-0.15, -0.1) is 0 Å². The Morgan fingerprint density at radius 1 is 1.10 bits per heavy atom. The monoisotopic (exact) mass is 444 g/mol. The van der Waals surface area contributed by atoms with Crippen molar-refractivity contribution < 1.29 is 42.1 Å². The second-order valence-electron chi connectivity index (χ2n) is 5.76. The fourth-order valence-electron chi connectivity index (χ4n) is 2.02. The van der Waals surface area contributed by atoms with Crippen LogP contribution in [0.5, 0.6) is 17.2 Å². The van der Waals surface area contributed by atoms with Gasteiger partial charge in [0.2, 0.25) is 5.91 Å². The minimum Gasteiger partial charge on any atom is -0.478 e. The number of ether oxygens (including phenoxy) is 2. The average molecular weight is 444 g/mol. The van der Waals surface area contributed by atoms with Gasteiger partial charge >= 0.3 is 18.1 Å². The number of nitrogens with one attached hydrogen (secondary N) is 1. The van der Waals surface area contributed by atoms with Gasteiger partial charge in [-0.2, -0.15) is 25.8 Å². The molecule has 160 valence electrons. The van der Waals surface area contributed by atoms with Gasteiger partial charge in [-0.05, 0) is 36.4 Å². The summed E-state index contributed by atoms with van der Waals surface area (Å²) in [4.78, 5) is 34.0. The van der Waals surface area contributed by atoms with Crippen LogP contribution >= 0.6 is 12.6 Å². The van der Waals surface area contributed by atoms with E-state index < -0.39 is 35.8 Å². The molecule has 0 fully saturated rings. The molecule has 2 rings (SSSR count). The fourth-order valence-corrected chi connectivity index (χ4v) is 2.19. The minimum absolute atomic E-state index is 0.000680. The lowest BCUT2D eigenvalue weighted by molar-refractivity contribution is -0.189. The number of thiol groups is 1. The van der Waals surface area contributed by atoms with E-state index in [-0.39, 0.29) is 28.5 Å². The Bertz CT molecular complexity index is 950. The van der Waals surface area contributed by atoms with Crippen molar-refractivity contribution in [3.63, 3.8) is 0 Å². The predicted molar refractivity (Wildman–Crippen MR) is 102 cm³/mol. The van der Waals surface area contributed by atoms with E-state index >= 15 is 0 Å². The van der Waals surface area contributed by atoms with Crippen molar-refractivity contribution in [2.45, 2.75) is 12.2 Å². The van der Waals surface area contributed by atoms with Crippen molar-refractivity contribution in [3.8, 4) is 17.2 Å². The second kappa shape index (κ2) is 9.50. The van der Waals surface area contributed by atoms with E-state index in [0.29, 0.717) is 0 Å². The van der Waals surface area contributed by atoms with Gasteiger partial charge < -0.3 is 25.6 Å². The van der Waals surface area contributed by atoms with Gasteiger partial charge in [0.25, 0.3) is 0 Å². The number of alkyl halides is 3. The number of rotatable bonds is 7. The van der Waals surface area contributed by atoms with Crippen molar-refractivity contribution in [3.05, 3.63) is 48.0 Å². The van der Waals surface area contributed by atoms with Gasteiger partial charge in [0.15, 0.2) is 5.75 Å². The third kappa shape index (κ3) is 6.12. The lowest BCUT2D eigenvalue weighted by Gasteiger charge is -2.16. The lowest BCUT2D eigenvalue weighted by Crippen LogP contribution is -2.37. The zero-order valence-electron chi connectivity index (χ0n) is 15.0. The number of aromatic carboxylic acids is 1. The summed E-state index contributed by atoms with van der Waals surface area (Å²) in [7, 11) is 0. The number of anilines is 1. The summed E-state index contributed by atoms with van der Waals surface area (Å²) in [6.45, 7) is 0. The van der Waals surface area contributed by atoms with E-state index in [1.165, 1.54) is 30.3 Å². The van der Waals surface area contributed by atoms with Gasteiger partial charge in [0.1, 0.15) is 11.5 Å². The van der Waals surface area contributed by atoms with E-state index in [4.69, 9.17) is 15.6 Å². The van der Waals surface area contributed by atoms with Crippen LogP contribution in [0.2, 0.25) is 0 Å². The van der Waals surface area contributed by atoms with Crippen LogP contribution in [0.15, 0.2) is 42.5 Å². The molecule has 0 bridgehead atoms. The van der Waals surface area contributed by atoms with Crippen LogP contribution in [0.4, 0.5) is 18.9 Å². The number of hydrogen-bond acceptors (Lipinski definition) is 7. The van der Waals surface area contributed by atoms with Gasteiger partial charge in [-0.1, -0.05) is 0 Å². The number of esters is 1. The molecule has 0 aliphatic carbocycles. The summed E-state index contributed by atoms with van der Waals surface area (Å²) >= 11 is 3.86. The highest BCUT2D eigenvalue weighted by Crippen LogP contribution is 2.33. The molecule has 8 nitrogen and oxygen atoms in total. The Morgan fingerprint density at radius 3 is 2.23 bits per heavy atom. The first kappa shape index (κ1) is 23.0. The topological polar surface area (TPSA) is 128 Å². The van der Waals surface area contributed by atoms with Crippen molar-refractivity contribution in [1.82, 2.24) is 0 Å². The summed E-state index contributed by atoms with van der Waals surface area (Å²) in [6, 6.07) is 7.52. The lowest BCUT2D eigenvalue weighted by atomic mass is 10.2. The van der Waals surface area contributed by atoms with Crippen molar-refractivity contribution in [2.24, 2.45) is 5.73 Å². The summed E-state index contributed by atoms with van der Waals surface area (Å²) in [5, 5.41) is 11.1. The van der Waals surface area contributed by atoms with E-state index in [2.05, 4.69) is 22.7 Å². The Hall–Kier alpha value is -3.25. The summed E-state index contributed by atoms with van der Waals surface area (Å²) in [6.07, 6.45) is -5.27. The van der Waals surface area contributed by atoms with Crippen molar-refractivity contribution in [2.75, 3.05) is 11.1 Å². The van der Waals surface area contributed by atoms with Crippen LogP contribution in [-0.4, -0.2) is 40.9 Å². The highest BCUT2D eigenvalue weighted by atomic mass is 32.1. The number of carbonyl (C=O) groups excluding carboxylic acids is 2. The number of amides is 1. The summed E-state index contributed by atoms with van der Waals surface area (Å²) in [5.74, 6) is -4.94. The summed E-state index contributed by atoms with van der Waals surface area (Å²) < 4.78 is 47.6. The van der Waals surface area contributed by atoms with E-state index in [9.17, 15) is 27.6 Å². The molecule has 0 saturated heterocycles. The Kier molecular flexibility index (Phi) is 7.29. The molecule has 0 saturated carbocycles. The number of benzene rings is 2. The predicted octanol–water partition coefficient (Wildman–Crippen LogP) is 2.84. The number of halogens is 3. The van der Waals surface area contributed by atoms with Crippen LogP contribution in [0, 0.1) is 0 Å². The zero-order chi connectivity index (χ0) is 22.5. The largest absolute Gasteiger partial charge is 0.491 e. The standard InChI is InChI=1S/C18H15F3N2O6S/c19-18(20,21)17(27)29-14-7-11(5-6-13(14)23-15(24)12(22)8-30)28-10-3-1-9(2-4-10)16(25)26/h1-7,12,30H,8,22H2,(H,23,24)(H,25,26)/t12-/m0/s1. The minimum atomic E-state index is -5.27. The highest BCUT2D eigenvalue weighted by Gasteiger charge is 2.41. The molecule has 0 aliphatic rings. The van der Waals surface area contributed by atoms with Crippen LogP contribution in [0.1, 0.15) is 10.4 Å². The van der Waals surface area contributed by atoms with Crippen molar-refractivity contribution >= 4 is 36.2 Å². The van der Waals surface area contributed by atoms with E-state index in [1.54, 1.807) is 0 Å². The van der Waals surface area contributed by atoms with Crippen LogP contribution < -0.4 is 20.5 Å². The SMILES string of the molecule is N[C@@H](CS)C(=O)Nc1ccc(Oc2ccc(C(=O)O)cc2)cc1OC(=O)C(F)(F)F. The quantitative estimate of drug-likeness (QED) is 0.294. The maximum Gasteiger partial charge on any atom is 0.491 e. The molecule has 2 aromatic carbocycles. The van der Waals surface area contributed by atoms with Crippen molar-refractivity contribution in [1.29, 1.82) is 0 Å². The summed E-state index contributed by atoms with van der Waals surface area (Å²) in [5.41, 5.74) is 5.26. The van der Waals surface area contributed by atoms with Crippen LogP contribution in [0.25, 0.3) is 0 Å². The molecular weight excluding hydrogens is 429 g/mol. The number of carbonyl (C=O) groups is 3. The molecular formula is C18H15F3N2O6S. The van der Waals surface area contributed by atoms with Gasteiger partial charge in [-0.3, -0.25) is 4.79 Å². The number of carboxylic acids is 1. The first-order valence-electron chi connectivity index (χ1n) is 8.13. The van der Waals surface area contributed by atoms with E-state index in [0.717, 1.165) is 12.1 Å². The highest BCUT2D eigenvalue weighted by molar-refractivity contribution is 7.80. The smallest absolute Gasteiger partial charge is 0.478 e. The number of nitrogens with two attached hydrogens (primary N) is 1. The van der Waals surface area contributed by atoms with Gasteiger partial charge in [0, 0.05) is 11.8 Å². The Morgan fingerprint density at radius 2 is 1.70 bits per heavy atom. The molecule has 2 aromatic rings. The maximum atomic E-state index is 12.6. The van der Waals surface area contributed by atoms with Crippen LogP contribution in [0.3, 0.4) is 0 Å². The zero-order valence-corrected chi connectivity index (χ0v) is 15.9. The Labute approximate surface area is 173 Å². The molecule has 0 unspecified atom stereocenters. The fraction of sp³-hybridized carbons (Fsp3) is 0.167. The molecule has 12 heteroatoms. The molecule has 30 heavy (non-hydrogen) atoms. The number of hydrogen-bond donors (Lipinski definition) is 4. The molecule has 1 amide bonds. The molecule has 4 N–H and O–H groups in total. The van der Waals surface area contributed by atoms with E-state index in [1.807, 2.05) is 0 Å². The molecule has 0 heterocycles. The number of carboxylic acid groups (broad SMARTS) is 1. The third-order valence-corrected chi connectivity index (χ3v) is 3.91. The molecule has 1 atom stereocenters. The first-order chi connectivity index (χ1) is 14.0. The Balaban J connectivity index is 2.31. The average Bonchev–Trinajstić information content (AvgIpc) is 2.68. The normalized spacial score (nSPS) is 12.0. The maximum absolute atomic E-state index is 12.6. The molecule has 0 spiro atoms.